The first-order chi connectivity index (χ1) is 11.6. The molecule has 4 heteroatoms. The van der Waals surface area contributed by atoms with E-state index in [0.717, 1.165) is 11.1 Å². The Kier molecular flexibility index (Phi) is 4.47. The zero-order valence-corrected chi connectivity index (χ0v) is 12.9. The number of aliphatic carboxylic acids is 2. The number of carbonyl (C=O) groups is 2. The molecule has 0 saturated carbocycles. The monoisotopic (exact) mass is 322 g/mol. The maximum absolute atomic E-state index is 11.9. The van der Waals surface area contributed by atoms with Gasteiger partial charge in [0.25, 0.3) is 0 Å². The SMILES string of the molecule is O=C(O)[C@H]1[C@H](C(=O)O)[C@H](c2ccccc2)C=C[C@@H]1c1ccccc1. The van der Waals surface area contributed by atoms with Gasteiger partial charge in [-0.2, -0.15) is 0 Å². The Hall–Kier alpha value is -2.88. The molecule has 2 aromatic rings. The molecule has 0 unspecified atom stereocenters. The fourth-order valence-corrected chi connectivity index (χ4v) is 3.53. The van der Waals surface area contributed by atoms with Crippen LogP contribution < -0.4 is 0 Å². The lowest BCUT2D eigenvalue weighted by Gasteiger charge is -2.35. The molecule has 0 heterocycles. The van der Waals surface area contributed by atoms with Crippen LogP contribution in [0.4, 0.5) is 0 Å². The summed E-state index contributed by atoms with van der Waals surface area (Å²) in [6.07, 6.45) is 3.68. The molecule has 0 aliphatic heterocycles. The summed E-state index contributed by atoms with van der Waals surface area (Å²) in [6.45, 7) is 0. The van der Waals surface area contributed by atoms with Crippen molar-refractivity contribution in [1.82, 2.24) is 0 Å². The van der Waals surface area contributed by atoms with E-state index >= 15 is 0 Å². The van der Waals surface area contributed by atoms with Crippen LogP contribution in [0.1, 0.15) is 23.0 Å². The average Bonchev–Trinajstić information content (AvgIpc) is 2.61. The Bertz CT molecular complexity index is 686. The molecule has 2 aromatic carbocycles. The number of hydrogen-bond acceptors (Lipinski definition) is 2. The lowest BCUT2D eigenvalue weighted by atomic mass is 9.66. The van der Waals surface area contributed by atoms with E-state index in [0.29, 0.717) is 0 Å². The van der Waals surface area contributed by atoms with Gasteiger partial charge < -0.3 is 10.2 Å². The summed E-state index contributed by atoms with van der Waals surface area (Å²) in [5.41, 5.74) is 1.64. The molecule has 4 nitrogen and oxygen atoms in total. The summed E-state index contributed by atoms with van der Waals surface area (Å²) < 4.78 is 0. The zero-order chi connectivity index (χ0) is 17.1. The predicted octanol–water partition coefficient (Wildman–Crippen LogP) is 3.53. The molecular weight excluding hydrogens is 304 g/mol. The molecule has 4 atom stereocenters. The molecule has 0 saturated heterocycles. The fourth-order valence-electron chi connectivity index (χ4n) is 3.53. The second kappa shape index (κ2) is 6.71. The highest BCUT2D eigenvalue weighted by atomic mass is 16.4. The number of carboxylic acids is 2. The highest BCUT2D eigenvalue weighted by Crippen LogP contribution is 2.44. The maximum Gasteiger partial charge on any atom is 0.308 e. The van der Waals surface area contributed by atoms with Crippen molar-refractivity contribution >= 4 is 11.9 Å². The van der Waals surface area contributed by atoms with Gasteiger partial charge in [0.05, 0.1) is 11.8 Å². The van der Waals surface area contributed by atoms with E-state index in [-0.39, 0.29) is 0 Å². The minimum Gasteiger partial charge on any atom is -0.481 e. The Labute approximate surface area is 140 Å². The van der Waals surface area contributed by atoms with E-state index in [1.165, 1.54) is 0 Å². The molecule has 1 aliphatic carbocycles. The lowest BCUT2D eigenvalue weighted by molar-refractivity contribution is -0.155. The molecule has 122 valence electrons. The normalized spacial score (nSPS) is 26.0. The summed E-state index contributed by atoms with van der Waals surface area (Å²) in [5, 5.41) is 19.5. The average molecular weight is 322 g/mol. The van der Waals surface area contributed by atoms with Gasteiger partial charge in [-0.3, -0.25) is 9.59 Å². The van der Waals surface area contributed by atoms with Crippen LogP contribution in [-0.2, 0) is 9.59 Å². The van der Waals surface area contributed by atoms with Crippen LogP contribution >= 0.6 is 0 Å². The molecule has 0 fully saturated rings. The van der Waals surface area contributed by atoms with E-state index in [9.17, 15) is 19.8 Å². The Morgan fingerprint density at radius 3 is 1.25 bits per heavy atom. The lowest BCUT2D eigenvalue weighted by Crippen LogP contribution is -2.39. The molecule has 1 aliphatic rings. The number of benzene rings is 2. The largest absolute Gasteiger partial charge is 0.481 e. The predicted molar refractivity (Wildman–Crippen MR) is 89.8 cm³/mol. The standard InChI is InChI=1S/C20H18O4/c21-19(22)17-15(13-7-3-1-4-8-13)11-12-16(18(17)20(23)24)14-9-5-2-6-10-14/h1-12,15-18H,(H,21,22)(H,23,24)/t15-,16+,17-,18-/m1/s1. The molecule has 24 heavy (non-hydrogen) atoms. The minimum atomic E-state index is -1.08. The smallest absolute Gasteiger partial charge is 0.308 e. The maximum atomic E-state index is 11.9. The first kappa shape index (κ1) is 16.0. The van der Waals surface area contributed by atoms with Gasteiger partial charge in [-0.05, 0) is 11.1 Å². The number of allylic oxidation sites excluding steroid dienone is 2. The van der Waals surface area contributed by atoms with Crippen molar-refractivity contribution in [3.63, 3.8) is 0 Å². The van der Waals surface area contributed by atoms with Gasteiger partial charge in [0.2, 0.25) is 0 Å². The number of rotatable bonds is 4. The van der Waals surface area contributed by atoms with Gasteiger partial charge in [-0.25, -0.2) is 0 Å². The van der Waals surface area contributed by atoms with Crippen molar-refractivity contribution in [2.75, 3.05) is 0 Å². The van der Waals surface area contributed by atoms with Crippen LogP contribution in [-0.4, -0.2) is 22.2 Å². The second-order valence-corrected chi connectivity index (χ2v) is 5.99. The van der Waals surface area contributed by atoms with Crippen LogP contribution in [0.5, 0.6) is 0 Å². The third kappa shape index (κ3) is 2.95. The van der Waals surface area contributed by atoms with E-state index in [1.54, 1.807) is 0 Å². The van der Waals surface area contributed by atoms with Gasteiger partial charge >= 0.3 is 11.9 Å². The topological polar surface area (TPSA) is 74.6 Å². The van der Waals surface area contributed by atoms with Crippen LogP contribution in [0.3, 0.4) is 0 Å². The van der Waals surface area contributed by atoms with E-state index < -0.39 is 35.6 Å². The molecule has 0 aromatic heterocycles. The van der Waals surface area contributed by atoms with E-state index in [2.05, 4.69) is 0 Å². The van der Waals surface area contributed by atoms with Crippen molar-refractivity contribution < 1.29 is 19.8 Å². The Balaban J connectivity index is 2.09. The van der Waals surface area contributed by atoms with Crippen LogP contribution in [0.25, 0.3) is 0 Å². The minimum absolute atomic E-state index is 0.454. The molecule has 3 rings (SSSR count). The Morgan fingerprint density at radius 1 is 0.625 bits per heavy atom. The molecular formula is C20H18O4. The summed E-state index contributed by atoms with van der Waals surface area (Å²) >= 11 is 0. The van der Waals surface area contributed by atoms with Crippen molar-refractivity contribution in [2.24, 2.45) is 11.8 Å². The highest BCUT2D eigenvalue weighted by molar-refractivity contribution is 5.83. The zero-order valence-electron chi connectivity index (χ0n) is 12.9. The van der Waals surface area contributed by atoms with Gasteiger partial charge in [-0.1, -0.05) is 72.8 Å². The molecule has 0 radical (unpaired) electrons. The first-order valence-corrected chi connectivity index (χ1v) is 7.83. The first-order valence-electron chi connectivity index (χ1n) is 7.83. The van der Waals surface area contributed by atoms with Gasteiger partial charge in [0, 0.05) is 11.8 Å². The number of carboxylic acid groups (broad SMARTS) is 2. The van der Waals surface area contributed by atoms with Crippen LogP contribution in [0.15, 0.2) is 72.8 Å². The third-order valence-electron chi connectivity index (χ3n) is 4.63. The van der Waals surface area contributed by atoms with Crippen molar-refractivity contribution in [3.8, 4) is 0 Å². The molecule has 2 N–H and O–H groups in total. The van der Waals surface area contributed by atoms with E-state index in [1.807, 2.05) is 72.8 Å². The summed E-state index contributed by atoms with van der Waals surface area (Å²) in [4.78, 5) is 23.9. The van der Waals surface area contributed by atoms with Crippen molar-refractivity contribution in [2.45, 2.75) is 11.8 Å². The second-order valence-electron chi connectivity index (χ2n) is 5.99. The highest BCUT2D eigenvalue weighted by Gasteiger charge is 2.46. The van der Waals surface area contributed by atoms with Gasteiger partial charge in [0.1, 0.15) is 0 Å². The fraction of sp³-hybridized carbons (Fsp3) is 0.200. The summed E-state index contributed by atoms with van der Waals surface area (Å²) in [5.74, 6) is -5.10. The molecule has 0 bridgehead atoms. The summed E-state index contributed by atoms with van der Waals surface area (Å²) in [7, 11) is 0. The third-order valence-corrected chi connectivity index (χ3v) is 4.63. The van der Waals surface area contributed by atoms with E-state index in [4.69, 9.17) is 0 Å². The molecule has 0 spiro atoms. The Morgan fingerprint density at radius 2 is 0.958 bits per heavy atom. The van der Waals surface area contributed by atoms with Gasteiger partial charge in [0.15, 0.2) is 0 Å². The van der Waals surface area contributed by atoms with Crippen LogP contribution in [0, 0.1) is 11.8 Å². The molecule has 0 amide bonds. The summed E-state index contributed by atoms with van der Waals surface area (Å²) in [6, 6.07) is 18.4. The van der Waals surface area contributed by atoms with Crippen molar-refractivity contribution in [3.05, 3.63) is 83.9 Å². The van der Waals surface area contributed by atoms with Crippen LogP contribution in [0.2, 0.25) is 0 Å². The van der Waals surface area contributed by atoms with Gasteiger partial charge in [-0.15, -0.1) is 0 Å². The quantitative estimate of drug-likeness (QED) is 0.845. The number of hydrogen-bond donors (Lipinski definition) is 2. The van der Waals surface area contributed by atoms with Crippen molar-refractivity contribution in [1.29, 1.82) is 0 Å².